The van der Waals surface area contributed by atoms with Gasteiger partial charge >= 0.3 is 0 Å². The van der Waals surface area contributed by atoms with Crippen molar-refractivity contribution in [2.24, 2.45) is 10.7 Å². The van der Waals surface area contributed by atoms with E-state index in [1.54, 1.807) is 13.3 Å². The fourth-order valence-electron chi connectivity index (χ4n) is 3.07. The second-order valence-corrected chi connectivity index (χ2v) is 7.03. The van der Waals surface area contributed by atoms with Crippen LogP contribution < -0.4 is 20.7 Å². The molecule has 0 saturated heterocycles. The van der Waals surface area contributed by atoms with Crippen LogP contribution in [-0.4, -0.2) is 61.8 Å². The number of aromatic nitrogens is 2. The molecule has 3 N–H and O–H groups in total. The molecule has 3 rings (SSSR count). The Balaban J connectivity index is 1.90. The third-order valence-corrected chi connectivity index (χ3v) is 4.53. The smallest absolute Gasteiger partial charge is 0.212 e. The number of hydrogen-bond donors (Lipinski definition) is 2. The molecule has 0 saturated carbocycles. The predicted molar refractivity (Wildman–Crippen MR) is 117 cm³/mol. The van der Waals surface area contributed by atoms with E-state index in [9.17, 15) is 0 Å². The van der Waals surface area contributed by atoms with Gasteiger partial charge in [0.15, 0.2) is 0 Å². The summed E-state index contributed by atoms with van der Waals surface area (Å²) in [6.45, 7) is 7.39. The van der Waals surface area contributed by atoms with Crippen molar-refractivity contribution in [1.29, 1.82) is 0 Å². The van der Waals surface area contributed by atoms with E-state index in [0.29, 0.717) is 25.6 Å². The highest BCUT2D eigenvalue weighted by molar-refractivity contribution is 6.06. The first-order valence-corrected chi connectivity index (χ1v) is 10.0. The number of methoxy groups -OCH3 is 1. The maximum absolute atomic E-state index is 5.92. The minimum absolute atomic E-state index is 0.0143. The van der Waals surface area contributed by atoms with Crippen LogP contribution in [0.2, 0.25) is 0 Å². The van der Waals surface area contributed by atoms with E-state index in [1.807, 2.05) is 25.3 Å². The van der Waals surface area contributed by atoms with Crippen molar-refractivity contribution < 1.29 is 9.47 Å². The first-order valence-electron chi connectivity index (χ1n) is 10.0. The Kier molecular flexibility index (Phi) is 7.37. The van der Waals surface area contributed by atoms with Crippen molar-refractivity contribution in [3.05, 3.63) is 30.6 Å². The number of nitrogens with zero attached hydrogens (tertiary/aromatic N) is 4. The zero-order valence-corrected chi connectivity index (χ0v) is 17.4. The summed E-state index contributed by atoms with van der Waals surface area (Å²) < 4.78 is 10.9. The Morgan fingerprint density at radius 3 is 2.83 bits per heavy atom. The number of aliphatic imine (C=N–C) groups is 1. The second-order valence-electron chi connectivity index (χ2n) is 7.03. The normalized spacial score (nSPS) is 15.7. The molecule has 0 bridgehead atoms. The summed E-state index contributed by atoms with van der Waals surface area (Å²) in [7, 11) is 1.60. The van der Waals surface area contributed by atoms with Gasteiger partial charge in [0.25, 0.3) is 0 Å². The van der Waals surface area contributed by atoms with Gasteiger partial charge in [-0.05, 0) is 25.5 Å². The number of ether oxygens (including phenoxy) is 2. The standard InChI is InChI=1S/C21H30N6O2/c1-4-8-29-9-7-27-19-10-17(16-5-6-21(28-3)26-12-16)23-13-18(19)24-14-20(27)25-11-15(2)22/h5-6,10,12-13,15,24H,4,7-9,11,14,22H2,1-3H3/t15-/m1/s1. The van der Waals surface area contributed by atoms with E-state index in [0.717, 1.165) is 48.0 Å². The zero-order valence-electron chi connectivity index (χ0n) is 17.4. The zero-order chi connectivity index (χ0) is 20.6. The molecule has 0 fully saturated rings. The molecule has 2 aromatic heterocycles. The van der Waals surface area contributed by atoms with Gasteiger partial charge in [-0.15, -0.1) is 0 Å². The van der Waals surface area contributed by atoms with Crippen LogP contribution in [0.15, 0.2) is 35.6 Å². The molecule has 1 aliphatic heterocycles. The van der Waals surface area contributed by atoms with Gasteiger partial charge in [-0.25, -0.2) is 4.98 Å². The molecular weight excluding hydrogens is 368 g/mol. The lowest BCUT2D eigenvalue weighted by molar-refractivity contribution is 0.142. The van der Waals surface area contributed by atoms with Gasteiger partial charge in [0.05, 0.1) is 50.1 Å². The molecule has 0 aliphatic carbocycles. The average molecular weight is 399 g/mol. The van der Waals surface area contributed by atoms with Gasteiger partial charge in [0, 0.05) is 37.0 Å². The lowest BCUT2D eigenvalue weighted by Gasteiger charge is -2.33. The van der Waals surface area contributed by atoms with E-state index in [2.05, 4.69) is 33.2 Å². The molecule has 0 amide bonds. The van der Waals surface area contributed by atoms with Crippen molar-refractivity contribution in [3.63, 3.8) is 0 Å². The second kappa shape index (κ2) is 10.2. The Morgan fingerprint density at radius 2 is 2.14 bits per heavy atom. The fourth-order valence-corrected chi connectivity index (χ4v) is 3.07. The summed E-state index contributed by atoms with van der Waals surface area (Å²) in [4.78, 5) is 15.8. The number of fused-ring (bicyclic) bond motifs is 1. The molecule has 156 valence electrons. The third kappa shape index (κ3) is 5.42. The molecule has 1 atom stereocenters. The maximum atomic E-state index is 5.92. The molecule has 8 nitrogen and oxygen atoms in total. The van der Waals surface area contributed by atoms with Crippen LogP contribution in [0.5, 0.6) is 5.88 Å². The maximum Gasteiger partial charge on any atom is 0.212 e. The van der Waals surface area contributed by atoms with Crippen LogP contribution >= 0.6 is 0 Å². The monoisotopic (exact) mass is 398 g/mol. The van der Waals surface area contributed by atoms with Gasteiger partial charge in [0.1, 0.15) is 5.84 Å². The van der Waals surface area contributed by atoms with Crippen molar-refractivity contribution >= 4 is 17.2 Å². The highest BCUT2D eigenvalue weighted by Crippen LogP contribution is 2.33. The van der Waals surface area contributed by atoms with Gasteiger partial charge in [-0.1, -0.05) is 6.92 Å². The summed E-state index contributed by atoms with van der Waals surface area (Å²) in [5, 5.41) is 3.41. The van der Waals surface area contributed by atoms with Crippen molar-refractivity contribution in [1.82, 2.24) is 9.97 Å². The molecule has 0 spiro atoms. The van der Waals surface area contributed by atoms with Gasteiger partial charge in [0.2, 0.25) is 5.88 Å². The predicted octanol–water partition coefficient (Wildman–Crippen LogP) is 2.56. The van der Waals surface area contributed by atoms with Gasteiger partial charge in [-0.2, -0.15) is 0 Å². The van der Waals surface area contributed by atoms with Crippen LogP contribution in [-0.2, 0) is 4.74 Å². The minimum Gasteiger partial charge on any atom is -0.481 e. The molecule has 3 heterocycles. The van der Waals surface area contributed by atoms with Crippen LogP contribution in [0.25, 0.3) is 11.3 Å². The summed E-state index contributed by atoms with van der Waals surface area (Å²) in [6, 6.07) is 5.86. The first kappa shape index (κ1) is 21.0. The van der Waals surface area contributed by atoms with Crippen molar-refractivity contribution in [2.45, 2.75) is 26.3 Å². The highest BCUT2D eigenvalue weighted by atomic mass is 16.5. The summed E-state index contributed by atoms with van der Waals surface area (Å²) >= 11 is 0. The molecule has 0 aromatic carbocycles. The Labute approximate surface area is 172 Å². The molecule has 8 heteroatoms. The number of pyridine rings is 2. The Bertz CT molecular complexity index is 822. The number of hydrogen-bond acceptors (Lipinski definition) is 7. The summed E-state index contributed by atoms with van der Waals surface area (Å²) in [5.74, 6) is 1.54. The molecular formula is C21H30N6O2. The fraction of sp³-hybridized carbons (Fsp3) is 0.476. The number of amidine groups is 1. The van der Waals surface area contributed by atoms with E-state index in [4.69, 9.17) is 20.2 Å². The number of anilines is 2. The highest BCUT2D eigenvalue weighted by Gasteiger charge is 2.23. The number of rotatable bonds is 9. The molecule has 29 heavy (non-hydrogen) atoms. The van der Waals surface area contributed by atoms with Gasteiger partial charge in [-0.3, -0.25) is 9.98 Å². The molecule has 0 unspecified atom stereocenters. The summed E-state index contributed by atoms with van der Waals surface area (Å²) in [5.41, 5.74) is 9.69. The molecule has 0 radical (unpaired) electrons. The lowest BCUT2D eigenvalue weighted by atomic mass is 10.1. The SMILES string of the molecule is CCCOCCN1C(=NC[C@@H](C)N)CNc2cnc(-c3ccc(OC)nc3)cc21. The van der Waals surface area contributed by atoms with E-state index in [-0.39, 0.29) is 6.04 Å². The largest absolute Gasteiger partial charge is 0.481 e. The van der Waals surface area contributed by atoms with E-state index >= 15 is 0 Å². The van der Waals surface area contributed by atoms with E-state index in [1.165, 1.54) is 0 Å². The van der Waals surface area contributed by atoms with Crippen LogP contribution in [0.3, 0.4) is 0 Å². The minimum atomic E-state index is 0.0143. The first-order chi connectivity index (χ1) is 14.1. The van der Waals surface area contributed by atoms with Crippen molar-refractivity contribution in [3.8, 4) is 17.1 Å². The number of nitrogens with two attached hydrogens (primary N) is 1. The molecule has 2 aromatic rings. The van der Waals surface area contributed by atoms with Crippen molar-refractivity contribution in [2.75, 3.05) is 50.2 Å². The Hall–Kier alpha value is -2.71. The van der Waals surface area contributed by atoms with E-state index < -0.39 is 0 Å². The average Bonchev–Trinajstić information content (AvgIpc) is 2.75. The molecule has 1 aliphatic rings. The summed E-state index contributed by atoms with van der Waals surface area (Å²) in [6.07, 6.45) is 4.63. The number of nitrogens with one attached hydrogen (secondary N) is 1. The lowest BCUT2D eigenvalue weighted by Crippen LogP contribution is -2.43. The van der Waals surface area contributed by atoms with Crippen LogP contribution in [0, 0.1) is 0 Å². The topological polar surface area (TPSA) is 97.9 Å². The van der Waals surface area contributed by atoms with Crippen LogP contribution in [0.4, 0.5) is 11.4 Å². The van der Waals surface area contributed by atoms with Gasteiger partial charge < -0.3 is 25.4 Å². The quantitative estimate of drug-likeness (QED) is 0.627. The van der Waals surface area contributed by atoms with Crippen LogP contribution in [0.1, 0.15) is 20.3 Å². The Morgan fingerprint density at radius 1 is 1.28 bits per heavy atom. The third-order valence-electron chi connectivity index (χ3n) is 4.53.